The molecule has 1 unspecified atom stereocenters. The SMILES string of the molecule is COc1cc(Br)cc(NC(=O)C(CN)CC(C)(C)C)c1. The van der Waals surface area contributed by atoms with Crippen LogP contribution in [0.25, 0.3) is 0 Å². The van der Waals surface area contributed by atoms with Crippen LogP contribution in [0.2, 0.25) is 0 Å². The number of carbonyl (C=O) groups is 1. The van der Waals surface area contributed by atoms with E-state index in [4.69, 9.17) is 10.5 Å². The average Bonchev–Trinajstić information content (AvgIpc) is 2.33. The Morgan fingerprint density at radius 3 is 2.55 bits per heavy atom. The van der Waals surface area contributed by atoms with Crippen molar-refractivity contribution in [3.8, 4) is 5.75 Å². The molecule has 0 aliphatic heterocycles. The number of anilines is 1. The summed E-state index contributed by atoms with van der Waals surface area (Å²) in [5.41, 5.74) is 6.49. The van der Waals surface area contributed by atoms with Crippen LogP contribution >= 0.6 is 15.9 Å². The number of benzene rings is 1. The summed E-state index contributed by atoms with van der Waals surface area (Å²) >= 11 is 3.39. The highest BCUT2D eigenvalue weighted by molar-refractivity contribution is 9.10. The molecular formula is C15H23BrN2O2. The second-order valence-electron chi connectivity index (χ2n) is 6.07. The van der Waals surface area contributed by atoms with Crippen molar-refractivity contribution in [2.45, 2.75) is 27.2 Å². The summed E-state index contributed by atoms with van der Waals surface area (Å²) in [5.74, 6) is 0.442. The van der Waals surface area contributed by atoms with Gasteiger partial charge >= 0.3 is 0 Å². The number of amides is 1. The molecule has 1 rings (SSSR count). The van der Waals surface area contributed by atoms with Crippen molar-refractivity contribution in [2.24, 2.45) is 17.1 Å². The van der Waals surface area contributed by atoms with E-state index in [1.54, 1.807) is 13.2 Å². The molecule has 0 fully saturated rings. The molecule has 1 aromatic carbocycles. The Kier molecular flexibility index (Phi) is 6.02. The molecule has 0 aromatic heterocycles. The molecule has 0 aliphatic rings. The van der Waals surface area contributed by atoms with E-state index in [1.807, 2.05) is 12.1 Å². The first-order valence-corrected chi connectivity index (χ1v) is 7.40. The molecule has 0 heterocycles. The Hall–Kier alpha value is -1.07. The van der Waals surface area contributed by atoms with Crippen LogP contribution < -0.4 is 15.8 Å². The molecule has 3 N–H and O–H groups in total. The Morgan fingerprint density at radius 2 is 2.05 bits per heavy atom. The average molecular weight is 343 g/mol. The summed E-state index contributed by atoms with van der Waals surface area (Å²) in [6.45, 7) is 6.65. The second kappa shape index (κ2) is 7.09. The number of rotatable bonds is 5. The van der Waals surface area contributed by atoms with Crippen molar-refractivity contribution in [3.63, 3.8) is 0 Å². The number of methoxy groups -OCH3 is 1. The number of carbonyl (C=O) groups excluding carboxylic acids is 1. The zero-order valence-corrected chi connectivity index (χ0v) is 14.1. The smallest absolute Gasteiger partial charge is 0.228 e. The molecule has 5 heteroatoms. The Morgan fingerprint density at radius 1 is 1.40 bits per heavy atom. The fourth-order valence-electron chi connectivity index (χ4n) is 2.02. The fraction of sp³-hybridized carbons (Fsp3) is 0.533. The standard InChI is InChI=1S/C15H23BrN2O2/c1-15(2,3)8-10(9-17)14(19)18-12-5-11(16)6-13(7-12)20-4/h5-7,10H,8-9,17H2,1-4H3,(H,18,19). The third-order valence-corrected chi connectivity index (χ3v) is 3.35. The first-order valence-electron chi connectivity index (χ1n) is 6.60. The van der Waals surface area contributed by atoms with E-state index in [9.17, 15) is 4.79 Å². The molecule has 0 spiro atoms. The minimum atomic E-state index is -0.194. The Balaban J connectivity index is 2.80. The minimum Gasteiger partial charge on any atom is -0.497 e. The summed E-state index contributed by atoms with van der Waals surface area (Å²) in [7, 11) is 1.59. The lowest BCUT2D eigenvalue weighted by atomic mass is 9.84. The van der Waals surface area contributed by atoms with Gasteiger partial charge in [0.25, 0.3) is 0 Å². The van der Waals surface area contributed by atoms with Gasteiger partial charge in [0.2, 0.25) is 5.91 Å². The van der Waals surface area contributed by atoms with Gasteiger partial charge < -0.3 is 15.8 Å². The van der Waals surface area contributed by atoms with E-state index in [0.29, 0.717) is 18.0 Å². The summed E-state index contributed by atoms with van der Waals surface area (Å²) < 4.78 is 6.03. The predicted molar refractivity (Wildman–Crippen MR) is 85.9 cm³/mol. The maximum atomic E-state index is 12.3. The highest BCUT2D eigenvalue weighted by Crippen LogP contribution is 2.27. The highest BCUT2D eigenvalue weighted by Gasteiger charge is 2.23. The lowest BCUT2D eigenvalue weighted by Gasteiger charge is -2.24. The number of nitrogens with two attached hydrogens (primary N) is 1. The van der Waals surface area contributed by atoms with E-state index < -0.39 is 0 Å². The van der Waals surface area contributed by atoms with Gasteiger partial charge in [0, 0.05) is 22.8 Å². The van der Waals surface area contributed by atoms with Crippen LogP contribution in [0.15, 0.2) is 22.7 Å². The summed E-state index contributed by atoms with van der Waals surface area (Å²) in [6.07, 6.45) is 0.750. The van der Waals surface area contributed by atoms with Gasteiger partial charge in [-0.1, -0.05) is 36.7 Å². The molecule has 20 heavy (non-hydrogen) atoms. The van der Waals surface area contributed by atoms with Crippen LogP contribution in [-0.2, 0) is 4.79 Å². The summed E-state index contributed by atoms with van der Waals surface area (Å²) in [5, 5.41) is 2.90. The van der Waals surface area contributed by atoms with Crippen molar-refractivity contribution < 1.29 is 9.53 Å². The van der Waals surface area contributed by atoms with Gasteiger partial charge in [0.05, 0.1) is 13.0 Å². The highest BCUT2D eigenvalue weighted by atomic mass is 79.9. The number of halogens is 1. The van der Waals surface area contributed by atoms with Crippen molar-refractivity contribution in [1.82, 2.24) is 0 Å². The lowest BCUT2D eigenvalue weighted by molar-refractivity contribution is -0.120. The van der Waals surface area contributed by atoms with Crippen molar-refractivity contribution >= 4 is 27.5 Å². The molecule has 0 aliphatic carbocycles. The van der Waals surface area contributed by atoms with Crippen LogP contribution in [0, 0.1) is 11.3 Å². The van der Waals surface area contributed by atoms with Gasteiger partial charge in [0.1, 0.15) is 5.75 Å². The molecule has 0 bridgehead atoms. The van der Waals surface area contributed by atoms with E-state index >= 15 is 0 Å². The van der Waals surface area contributed by atoms with Crippen LogP contribution in [0.3, 0.4) is 0 Å². The van der Waals surface area contributed by atoms with Gasteiger partial charge in [-0.05, 0) is 24.0 Å². The number of hydrogen-bond donors (Lipinski definition) is 2. The largest absolute Gasteiger partial charge is 0.497 e. The third kappa shape index (κ3) is 5.51. The molecule has 0 radical (unpaired) electrons. The molecule has 0 saturated heterocycles. The molecule has 1 aromatic rings. The maximum Gasteiger partial charge on any atom is 0.228 e. The van der Waals surface area contributed by atoms with Gasteiger partial charge in [-0.3, -0.25) is 4.79 Å². The van der Waals surface area contributed by atoms with E-state index in [1.165, 1.54) is 0 Å². The Bertz CT molecular complexity index is 469. The van der Waals surface area contributed by atoms with Crippen molar-refractivity contribution in [1.29, 1.82) is 0 Å². The van der Waals surface area contributed by atoms with E-state index in [2.05, 4.69) is 42.0 Å². The third-order valence-electron chi connectivity index (χ3n) is 2.89. The topological polar surface area (TPSA) is 64.3 Å². The van der Waals surface area contributed by atoms with Crippen molar-refractivity contribution in [3.05, 3.63) is 22.7 Å². The minimum absolute atomic E-state index is 0.0532. The monoisotopic (exact) mass is 342 g/mol. The first kappa shape index (κ1) is 17.0. The maximum absolute atomic E-state index is 12.3. The zero-order chi connectivity index (χ0) is 15.3. The van der Waals surface area contributed by atoms with E-state index in [-0.39, 0.29) is 17.2 Å². The molecule has 0 saturated carbocycles. The van der Waals surface area contributed by atoms with Gasteiger partial charge in [0.15, 0.2) is 0 Å². The van der Waals surface area contributed by atoms with Crippen molar-refractivity contribution in [2.75, 3.05) is 19.0 Å². The second-order valence-corrected chi connectivity index (χ2v) is 6.98. The Labute approximate surface area is 129 Å². The molecule has 112 valence electrons. The summed E-state index contributed by atoms with van der Waals surface area (Å²) in [4.78, 5) is 12.3. The predicted octanol–water partition coefficient (Wildman–Crippen LogP) is 3.41. The number of hydrogen-bond acceptors (Lipinski definition) is 3. The quantitative estimate of drug-likeness (QED) is 0.861. The molecule has 1 atom stereocenters. The van der Waals surface area contributed by atoms with Crippen LogP contribution in [0.4, 0.5) is 5.69 Å². The summed E-state index contributed by atoms with van der Waals surface area (Å²) in [6, 6.07) is 5.46. The molecule has 1 amide bonds. The van der Waals surface area contributed by atoms with E-state index in [0.717, 1.165) is 10.9 Å². The van der Waals surface area contributed by atoms with Gasteiger partial charge in [-0.2, -0.15) is 0 Å². The van der Waals surface area contributed by atoms with Crippen LogP contribution in [0.5, 0.6) is 5.75 Å². The molecule has 4 nitrogen and oxygen atoms in total. The molecular weight excluding hydrogens is 320 g/mol. The van der Waals surface area contributed by atoms with Gasteiger partial charge in [-0.25, -0.2) is 0 Å². The fourth-order valence-corrected chi connectivity index (χ4v) is 2.49. The normalized spacial score (nSPS) is 12.9. The first-order chi connectivity index (χ1) is 9.25. The zero-order valence-electron chi connectivity index (χ0n) is 12.5. The lowest BCUT2D eigenvalue weighted by Crippen LogP contribution is -2.32. The van der Waals surface area contributed by atoms with Gasteiger partial charge in [-0.15, -0.1) is 0 Å². The number of nitrogens with one attached hydrogen (secondary N) is 1. The number of ether oxygens (including phenoxy) is 1. The van der Waals surface area contributed by atoms with Crippen LogP contribution in [0.1, 0.15) is 27.2 Å². The van der Waals surface area contributed by atoms with Crippen LogP contribution in [-0.4, -0.2) is 19.6 Å².